The molecule has 210 valence electrons. The Bertz CT molecular complexity index is 1430. The van der Waals surface area contributed by atoms with E-state index in [0.29, 0.717) is 34.6 Å². The van der Waals surface area contributed by atoms with E-state index in [4.69, 9.17) is 16.6 Å². The minimum Gasteiger partial charge on any atom is -0.354 e. The van der Waals surface area contributed by atoms with E-state index in [1.54, 1.807) is 18.0 Å². The second-order valence-electron chi connectivity index (χ2n) is 9.74. The van der Waals surface area contributed by atoms with E-state index < -0.39 is 0 Å². The van der Waals surface area contributed by atoms with Gasteiger partial charge in [-0.3, -0.25) is 14.7 Å². The predicted molar refractivity (Wildman–Crippen MR) is 167 cm³/mol. The van der Waals surface area contributed by atoms with Crippen molar-refractivity contribution >= 4 is 41.2 Å². The summed E-state index contributed by atoms with van der Waals surface area (Å²) in [5.41, 5.74) is 3.90. The Morgan fingerprint density at radius 2 is 1.73 bits per heavy atom. The van der Waals surface area contributed by atoms with Crippen LogP contribution in [0, 0.1) is 0 Å². The maximum absolute atomic E-state index is 12.5. The molecule has 0 aliphatic carbocycles. The molecule has 7 nitrogen and oxygen atoms in total. The first-order chi connectivity index (χ1) is 20.1. The van der Waals surface area contributed by atoms with Crippen molar-refractivity contribution in [1.82, 2.24) is 25.2 Å². The molecule has 1 amide bonds. The van der Waals surface area contributed by atoms with Gasteiger partial charge in [-0.15, -0.1) is 0 Å². The van der Waals surface area contributed by atoms with Gasteiger partial charge < -0.3 is 10.2 Å². The SMILES string of the molecule is O=C(NCCc1ccccn1)c1ccc(CSc2nc(Cl)cc(N3CCN(C/C=C/c4ccccc4)CC3)n2)cc1. The van der Waals surface area contributed by atoms with Crippen molar-refractivity contribution < 1.29 is 4.79 Å². The standard InChI is InChI=1S/C32H33ClN6OS/c33-29-23-30(39-21-19-38(20-22-39)18-6-9-25-7-2-1-3-8-25)37-32(36-29)41-24-26-11-13-27(14-12-26)31(40)35-17-15-28-10-4-5-16-34-28/h1-14,16,23H,15,17-22,24H2,(H,35,40)/b9-6+. The first-order valence-corrected chi connectivity index (χ1v) is 15.1. The van der Waals surface area contributed by atoms with Crippen LogP contribution in [0.15, 0.2) is 96.3 Å². The van der Waals surface area contributed by atoms with Crippen molar-refractivity contribution in [3.63, 3.8) is 0 Å². The van der Waals surface area contributed by atoms with Gasteiger partial charge in [-0.2, -0.15) is 0 Å². The number of nitrogens with zero attached hydrogens (tertiary/aromatic N) is 5. The Labute approximate surface area is 250 Å². The zero-order chi connectivity index (χ0) is 28.3. The quantitative estimate of drug-likeness (QED) is 0.139. The molecular weight excluding hydrogens is 552 g/mol. The first-order valence-electron chi connectivity index (χ1n) is 13.8. The van der Waals surface area contributed by atoms with Crippen LogP contribution >= 0.6 is 23.4 Å². The van der Waals surface area contributed by atoms with Crippen LogP contribution in [-0.4, -0.2) is 65.0 Å². The molecule has 5 rings (SSSR count). The number of amides is 1. The fourth-order valence-electron chi connectivity index (χ4n) is 4.53. The lowest BCUT2D eigenvalue weighted by Crippen LogP contribution is -2.46. The van der Waals surface area contributed by atoms with Crippen LogP contribution in [0.2, 0.25) is 5.15 Å². The van der Waals surface area contributed by atoms with Gasteiger partial charge in [-0.1, -0.05) is 84.0 Å². The summed E-state index contributed by atoms with van der Waals surface area (Å²) in [7, 11) is 0. The molecule has 1 fully saturated rings. The second kappa shape index (κ2) is 14.8. The van der Waals surface area contributed by atoms with Gasteiger partial charge in [0.2, 0.25) is 0 Å². The molecule has 2 aromatic carbocycles. The number of benzene rings is 2. The van der Waals surface area contributed by atoms with E-state index >= 15 is 0 Å². The third-order valence-corrected chi connectivity index (χ3v) is 7.92. The molecule has 0 unspecified atom stereocenters. The molecule has 0 spiro atoms. The lowest BCUT2D eigenvalue weighted by Gasteiger charge is -2.35. The first kappa shape index (κ1) is 28.8. The van der Waals surface area contributed by atoms with Gasteiger partial charge in [-0.25, -0.2) is 9.97 Å². The normalized spacial score (nSPS) is 13.9. The number of piperazine rings is 1. The monoisotopic (exact) mass is 584 g/mol. The molecule has 0 saturated carbocycles. The van der Waals surface area contributed by atoms with Crippen molar-refractivity contribution in [2.24, 2.45) is 0 Å². The Hall–Kier alpha value is -3.72. The summed E-state index contributed by atoms with van der Waals surface area (Å²) in [6.45, 7) is 5.19. The summed E-state index contributed by atoms with van der Waals surface area (Å²) in [4.78, 5) is 30.7. The highest BCUT2D eigenvalue weighted by Crippen LogP contribution is 2.25. The summed E-state index contributed by atoms with van der Waals surface area (Å²) in [6.07, 6.45) is 6.86. The molecule has 4 aromatic rings. The third kappa shape index (κ3) is 8.88. The number of aromatic nitrogens is 3. The van der Waals surface area contributed by atoms with Crippen LogP contribution in [0.4, 0.5) is 5.82 Å². The molecule has 41 heavy (non-hydrogen) atoms. The predicted octanol–water partition coefficient (Wildman–Crippen LogP) is 5.63. The van der Waals surface area contributed by atoms with E-state index in [0.717, 1.165) is 49.8 Å². The van der Waals surface area contributed by atoms with Gasteiger partial charge in [0.25, 0.3) is 5.91 Å². The number of hydrogen-bond acceptors (Lipinski definition) is 7. The number of thioether (sulfide) groups is 1. The van der Waals surface area contributed by atoms with Crippen LogP contribution in [0.25, 0.3) is 6.08 Å². The fraction of sp³-hybridized carbons (Fsp3) is 0.250. The highest BCUT2D eigenvalue weighted by Gasteiger charge is 2.19. The van der Waals surface area contributed by atoms with Crippen molar-refractivity contribution in [3.05, 3.63) is 119 Å². The number of nitrogens with one attached hydrogen (secondary N) is 1. The van der Waals surface area contributed by atoms with E-state index in [2.05, 4.69) is 61.5 Å². The van der Waals surface area contributed by atoms with E-state index in [-0.39, 0.29) is 5.91 Å². The number of carbonyl (C=O) groups excluding carboxylic acids is 1. The Morgan fingerprint density at radius 1 is 0.951 bits per heavy atom. The minimum absolute atomic E-state index is 0.0877. The number of halogens is 1. The van der Waals surface area contributed by atoms with E-state index in [1.165, 1.54) is 5.56 Å². The number of carbonyl (C=O) groups is 1. The van der Waals surface area contributed by atoms with Crippen LogP contribution < -0.4 is 10.2 Å². The van der Waals surface area contributed by atoms with E-state index in [9.17, 15) is 4.79 Å². The summed E-state index contributed by atoms with van der Waals surface area (Å²) in [6, 6.07) is 25.7. The molecule has 1 N–H and O–H groups in total. The molecule has 9 heteroatoms. The molecule has 0 radical (unpaired) electrons. The van der Waals surface area contributed by atoms with Crippen molar-refractivity contribution in [2.75, 3.05) is 44.2 Å². The van der Waals surface area contributed by atoms with Crippen molar-refractivity contribution in [2.45, 2.75) is 17.3 Å². The van der Waals surface area contributed by atoms with Crippen LogP contribution in [0.5, 0.6) is 0 Å². The van der Waals surface area contributed by atoms with Crippen molar-refractivity contribution in [1.29, 1.82) is 0 Å². The number of anilines is 1. The van der Waals surface area contributed by atoms with Crippen LogP contribution in [0.3, 0.4) is 0 Å². The Kier molecular flexibility index (Phi) is 10.4. The van der Waals surface area contributed by atoms with Gasteiger partial charge in [0, 0.05) is 75.0 Å². The lowest BCUT2D eigenvalue weighted by molar-refractivity contribution is 0.0954. The topological polar surface area (TPSA) is 74.2 Å². The number of hydrogen-bond donors (Lipinski definition) is 1. The maximum Gasteiger partial charge on any atom is 0.251 e. The summed E-state index contributed by atoms with van der Waals surface area (Å²) in [5.74, 6) is 1.46. The Balaban J connectivity index is 1.08. The summed E-state index contributed by atoms with van der Waals surface area (Å²) in [5, 5.41) is 4.06. The third-order valence-electron chi connectivity index (χ3n) is 6.81. The van der Waals surface area contributed by atoms with Crippen LogP contribution in [0.1, 0.15) is 27.2 Å². The smallest absolute Gasteiger partial charge is 0.251 e. The second-order valence-corrected chi connectivity index (χ2v) is 11.1. The van der Waals surface area contributed by atoms with Gasteiger partial charge in [0.1, 0.15) is 11.0 Å². The lowest BCUT2D eigenvalue weighted by atomic mass is 10.1. The van der Waals surface area contributed by atoms with Crippen LogP contribution in [-0.2, 0) is 12.2 Å². The van der Waals surface area contributed by atoms with Gasteiger partial charge in [-0.05, 0) is 35.4 Å². The average Bonchev–Trinajstić information content (AvgIpc) is 3.01. The molecule has 1 saturated heterocycles. The summed E-state index contributed by atoms with van der Waals surface area (Å²) >= 11 is 7.92. The molecule has 1 aliphatic heterocycles. The van der Waals surface area contributed by atoms with Gasteiger partial charge in [0.05, 0.1) is 0 Å². The Morgan fingerprint density at radius 3 is 2.49 bits per heavy atom. The highest BCUT2D eigenvalue weighted by atomic mass is 35.5. The van der Waals surface area contributed by atoms with Gasteiger partial charge >= 0.3 is 0 Å². The highest BCUT2D eigenvalue weighted by molar-refractivity contribution is 7.98. The molecule has 1 aliphatic rings. The molecule has 0 atom stereocenters. The largest absolute Gasteiger partial charge is 0.354 e. The number of pyridine rings is 1. The molecule has 0 bridgehead atoms. The average molecular weight is 585 g/mol. The van der Waals surface area contributed by atoms with Crippen molar-refractivity contribution in [3.8, 4) is 0 Å². The minimum atomic E-state index is -0.0877. The zero-order valence-electron chi connectivity index (χ0n) is 22.8. The fourth-order valence-corrected chi connectivity index (χ4v) is 5.56. The maximum atomic E-state index is 12.5. The molecule has 2 aromatic heterocycles. The van der Waals surface area contributed by atoms with E-state index in [1.807, 2.05) is 54.6 Å². The zero-order valence-corrected chi connectivity index (χ0v) is 24.4. The molecule has 3 heterocycles. The number of rotatable bonds is 11. The molecular formula is C32H33ClN6OS. The summed E-state index contributed by atoms with van der Waals surface area (Å²) < 4.78 is 0. The van der Waals surface area contributed by atoms with Gasteiger partial charge in [0.15, 0.2) is 5.16 Å².